The summed E-state index contributed by atoms with van der Waals surface area (Å²) >= 11 is 0. The Morgan fingerprint density at radius 3 is 2.16 bits per heavy atom. The Kier molecular flexibility index (Phi) is 7.19. The van der Waals surface area contributed by atoms with Crippen LogP contribution in [0.15, 0.2) is 0 Å². The maximum Gasteiger partial charge on any atom is 0.186 e. The maximum absolute atomic E-state index is 10.7. The van der Waals surface area contributed by atoms with E-state index in [9.17, 15) is 20.4 Å². The molecule has 2 aliphatic heterocycles. The fourth-order valence-electron chi connectivity index (χ4n) is 13.5. The number of aliphatic hydroxyl groups excluding tert-OH is 4. The van der Waals surface area contributed by atoms with E-state index < -0.39 is 37.3 Å². The molecule has 0 unspecified atom stereocenters. The number of rotatable bonds is 3. The second-order valence-electron chi connectivity index (χ2n) is 18.5. The van der Waals surface area contributed by atoms with Crippen LogP contribution in [0.2, 0.25) is 0 Å². The third-order valence-electron chi connectivity index (χ3n) is 16.2. The van der Waals surface area contributed by atoms with Crippen molar-refractivity contribution in [2.24, 2.45) is 56.2 Å². The van der Waals surface area contributed by atoms with Crippen molar-refractivity contribution in [3.05, 3.63) is 0 Å². The molecule has 0 aromatic carbocycles. The minimum atomic E-state index is -1.41. The van der Waals surface area contributed by atoms with Gasteiger partial charge in [-0.1, -0.05) is 48.5 Å². The molecule has 7 fully saturated rings. The monoisotopic (exact) mass is 604 g/mol. The molecule has 0 radical (unpaired) electrons. The van der Waals surface area contributed by atoms with Gasteiger partial charge in [-0.3, -0.25) is 0 Å². The van der Waals surface area contributed by atoms with Crippen LogP contribution in [-0.4, -0.2) is 76.6 Å². The summed E-state index contributed by atoms with van der Waals surface area (Å²) in [5, 5.41) is 41.1. The molecule has 2 heterocycles. The summed E-state index contributed by atoms with van der Waals surface area (Å²) in [5.41, 5.74) is 1.36. The Hall–Kier alpha value is -0.280. The fraction of sp³-hybridized carbons (Fsp3) is 1.00. The van der Waals surface area contributed by atoms with E-state index in [0.717, 1.165) is 25.4 Å². The molecule has 43 heavy (non-hydrogen) atoms. The Labute approximate surface area is 259 Å². The van der Waals surface area contributed by atoms with Gasteiger partial charge in [0.05, 0.1) is 25.4 Å². The molecule has 7 heteroatoms. The lowest BCUT2D eigenvalue weighted by molar-refractivity contribution is -0.332. The van der Waals surface area contributed by atoms with Gasteiger partial charge in [-0.25, -0.2) is 0 Å². The van der Waals surface area contributed by atoms with E-state index in [2.05, 4.69) is 48.5 Å². The number of fused-ring (bicyclic) bond motifs is 5. The van der Waals surface area contributed by atoms with Crippen LogP contribution in [0.4, 0.5) is 0 Å². The highest BCUT2D eigenvalue weighted by atomic mass is 16.7. The van der Waals surface area contributed by atoms with Crippen LogP contribution >= 0.6 is 0 Å². The largest absolute Gasteiger partial charge is 0.394 e. The van der Waals surface area contributed by atoms with Gasteiger partial charge in [0.2, 0.25) is 0 Å². The zero-order valence-corrected chi connectivity index (χ0v) is 27.8. The second kappa shape index (κ2) is 9.87. The Balaban J connectivity index is 1.14. The van der Waals surface area contributed by atoms with Crippen molar-refractivity contribution in [3.8, 4) is 0 Å². The normalized spacial score (nSPS) is 58.5. The number of aliphatic hydroxyl groups is 4. The minimum absolute atomic E-state index is 0.143. The first-order valence-corrected chi connectivity index (χ1v) is 17.6. The highest BCUT2D eigenvalue weighted by Gasteiger charge is 2.73. The molecule has 7 aliphatic rings. The van der Waals surface area contributed by atoms with Crippen molar-refractivity contribution in [2.45, 2.75) is 156 Å². The van der Waals surface area contributed by atoms with Gasteiger partial charge in [0.15, 0.2) is 6.29 Å². The van der Waals surface area contributed by atoms with Crippen molar-refractivity contribution < 1.29 is 34.6 Å². The molecule has 246 valence electrons. The predicted octanol–water partition coefficient (Wildman–Crippen LogP) is 5.06. The molecule has 15 atom stereocenters. The first kappa shape index (κ1) is 31.3. The molecule has 4 N–H and O–H groups in total. The third kappa shape index (κ3) is 4.04. The van der Waals surface area contributed by atoms with Crippen LogP contribution in [0.25, 0.3) is 0 Å². The van der Waals surface area contributed by atoms with Crippen LogP contribution < -0.4 is 0 Å². The van der Waals surface area contributed by atoms with Gasteiger partial charge < -0.3 is 34.6 Å². The van der Waals surface area contributed by atoms with Gasteiger partial charge >= 0.3 is 0 Å². The van der Waals surface area contributed by atoms with E-state index in [1.165, 1.54) is 51.4 Å². The second-order valence-corrected chi connectivity index (χ2v) is 18.5. The van der Waals surface area contributed by atoms with Crippen LogP contribution in [0.1, 0.15) is 113 Å². The molecule has 0 amide bonds. The molecule has 0 aromatic heterocycles. The summed E-state index contributed by atoms with van der Waals surface area (Å²) < 4.78 is 19.1. The Bertz CT molecular complexity index is 1090. The first-order chi connectivity index (χ1) is 20.1. The minimum Gasteiger partial charge on any atom is -0.394 e. The molecule has 0 spiro atoms. The quantitative estimate of drug-likeness (QED) is 0.334. The van der Waals surface area contributed by atoms with Gasteiger partial charge in [-0.15, -0.1) is 0 Å². The lowest BCUT2D eigenvalue weighted by Gasteiger charge is -2.73. The van der Waals surface area contributed by atoms with Crippen LogP contribution in [-0.2, 0) is 14.2 Å². The number of hydrogen-bond donors (Lipinski definition) is 4. The van der Waals surface area contributed by atoms with E-state index in [-0.39, 0.29) is 22.3 Å². The summed E-state index contributed by atoms with van der Waals surface area (Å²) in [4.78, 5) is 0. The summed E-state index contributed by atoms with van der Waals surface area (Å²) in [6.45, 7) is 18.1. The molecular weight excluding hydrogens is 544 g/mol. The molecule has 5 aliphatic carbocycles. The van der Waals surface area contributed by atoms with Crippen molar-refractivity contribution in [3.63, 3.8) is 0 Å². The van der Waals surface area contributed by atoms with E-state index in [1.807, 2.05) is 0 Å². The molecule has 7 rings (SSSR count). The molecule has 5 saturated carbocycles. The lowest BCUT2D eigenvalue weighted by Crippen LogP contribution is -2.68. The van der Waals surface area contributed by atoms with Gasteiger partial charge in [0, 0.05) is 0 Å². The van der Waals surface area contributed by atoms with E-state index >= 15 is 0 Å². The Morgan fingerprint density at radius 1 is 0.721 bits per heavy atom. The van der Waals surface area contributed by atoms with E-state index in [1.54, 1.807) is 0 Å². The first-order valence-electron chi connectivity index (χ1n) is 17.6. The summed E-state index contributed by atoms with van der Waals surface area (Å²) in [6, 6.07) is 0. The standard InChI is InChI=1S/C36H60O7/c1-31(2)14-16-36-17-15-34(6)20(25(36)29(31)41-19-36)8-9-23-33(5)12-11-24(32(3,4)22(33)10-13-35(23,34)7)43-30-28(40)27(39)26(38)21(18-37)42-30/h20-30,37-40H,8-19H2,1-7H3/t20-,21-,22+,23-,24+,25+,26-,27+,28+,29+,30-,33+,34-,35-,36-/m1/s1. The topological polar surface area (TPSA) is 109 Å². The average Bonchev–Trinajstić information content (AvgIpc) is 3.29. The number of hydrogen-bond acceptors (Lipinski definition) is 7. The lowest BCUT2D eigenvalue weighted by atomic mass is 9.31. The highest BCUT2D eigenvalue weighted by molar-refractivity contribution is 5.21. The van der Waals surface area contributed by atoms with Gasteiger partial charge in [0.25, 0.3) is 0 Å². The zero-order valence-electron chi connectivity index (χ0n) is 27.8. The van der Waals surface area contributed by atoms with Gasteiger partial charge in [-0.05, 0) is 120 Å². The molecule has 0 aromatic rings. The third-order valence-corrected chi connectivity index (χ3v) is 16.2. The van der Waals surface area contributed by atoms with Crippen molar-refractivity contribution in [1.82, 2.24) is 0 Å². The predicted molar refractivity (Wildman–Crippen MR) is 163 cm³/mol. The van der Waals surface area contributed by atoms with E-state index in [4.69, 9.17) is 14.2 Å². The van der Waals surface area contributed by atoms with Gasteiger partial charge in [0.1, 0.15) is 24.4 Å². The highest BCUT2D eigenvalue weighted by Crippen LogP contribution is 2.78. The number of ether oxygens (including phenoxy) is 3. The smallest absolute Gasteiger partial charge is 0.186 e. The average molecular weight is 605 g/mol. The SMILES string of the molecule is CC1(C)CC[C@]23CC[C@]4(C)[C@H](CC[C@@H]5[C@@]6(C)CC[C@H](O[C@H]7O[C@H](CO)[C@@H](O)[C@H](O)[C@@H]7O)C(C)(C)[C@@H]6CC[C@]54C)[C@H]2[C@@H]1OC3. The molecule has 7 nitrogen and oxygen atoms in total. The Morgan fingerprint density at radius 2 is 1.44 bits per heavy atom. The summed E-state index contributed by atoms with van der Waals surface area (Å²) in [5.74, 6) is 2.59. The van der Waals surface area contributed by atoms with E-state index in [0.29, 0.717) is 40.1 Å². The zero-order chi connectivity index (χ0) is 31.0. The van der Waals surface area contributed by atoms with Crippen LogP contribution in [0.5, 0.6) is 0 Å². The summed E-state index contributed by atoms with van der Waals surface area (Å²) in [6.07, 6.45) is 6.43. The maximum atomic E-state index is 10.7. The fourth-order valence-corrected chi connectivity index (χ4v) is 13.5. The molecule has 2 bridgehead atoms. The van der Waals surface area contributed by atoms with Crippen LogP contribution in [0, 0.1) is 56.2 Å². The molecule has 2 saturated heterocycles. The van der Waals surface area contributed by atoms with Crippen molar-refractivity contribution in [1.29, 1.82) is 0 Å². The molecular formula is C36H60O7. The van der Waals surface area contributed by atoms with Crippen LogP contribution in [0.3, 0.4) is 0 Å². The summed E-state index contributed by atoms with van der Waals surface area (Å²) in [7, 11) is 0. The van der Waals surface area contributed by atoms with Gasteiger partial charge in [-0.2, -0.15) is 0 Å². The van der Waals surface area contributed by atoms with Crippen molar-refractivity contribution in [2.75, 3.05) is 13.2 Å². The van der Waals surface area contributed by atoms with Crippen molar-refractivity contribution >= 4 is 0 Å².